The Morgan fingerprint density at radius 2 is 1.61 bits per heavy atom. The van der Waals surface area contributed by atoms with Gasteiger partial charge in [0, 0.05) is 0 Å². The van der Waals surface area contributed by atoms with Gasteiger partial charge in [-0.1, -0.05) is 95.7 Å². The number of fused-ring (bicyclic) bond motifs is 5. The molecule has 9 atom stereocenters. The van der Waals surface area contributed by atoms with Crippen LogP contribution in [-0.2, 0) is 11.3 Å². The zero-order valence-electron chi connectivity index (χ0n) is 24.0. The minimum atomic E-state index is 0.434. The van der Waals surface area contributed by atoms with E-state index in [4.69, 9.17) is 4.74 Å². The second-order valence-corrected chi connectivity index (χ2v) is 14.0. The van der Waals surface area contributed by atoms with E-state index in [0.717, 1.165) is 36.2 Å². The molecule has 0 aromatic heterocycles. The molecule has 0 heterocycles. The van der Waals surface area contributed by atoms with Gasteiger partial charge in [-0.25, -0.2) is 0 Å². The molecule has 0 saturated heterocycles. The van der Waals surface area contributed by atoms with Crippen molar-refractivity contribution in [1.29, 1.82) is 0 Å². The highest BCUT2D eigenvalue weighted by molar-refractivity contribution is 5.28. The van der Waals surface area contributed by atoms with Crippen LogP contribution in [0, 0.1) is 52.3 Å². The Bertz CT molecular complexity index is 943. The molecule has 0 unspecified atom stereocenters. The molecule has 5 rings (SSSR count). The van der Waals surface area contributed by atoms with Crippen molar-refractivity contribution in [3.05, 3.63) is 59.7 Å². The summed E-state index contributed by atoms with van der Waals surface area (Å²) in [4.78, 5) is 0. The molecule has 0 N–H and O–H groups in total. The van der Waals surface area contributed by atoms with Crippen LogP contribution in [0.15, 0.2) is 54.1 Å². The smallest absolute Gasteiger partial charge is 0.0720 e. The third-order valence-corrected chi connectivity index (χ3v) is 11.8. The van der Waals surface area contributed by atoms with Crippen molar-refractivity contribution >= 4 is 0 Å². The average molecular weight is 489 g/mol. The quantitative estimate of drug-likeness (QED) is 0.347. The van der Waals surface area contributed by atoms with Crippen molar-refractivity contribution in [2.24, 2.45) is 52.3 Å². The van der Waals surface area contributed by atoms with Gasteiger partial charge in [0.05, 0.1) is 12.7 Å². The molecule has 1 nitrogen and oxygen atoms in total. The van der Waals surface area contributed by atoms with Crippen molar-refractivity contribution in [2.45, 2.75) is 106 Å². The molecule has 4 aliphatic rings. The lowest BCUT2D eigenvalue weighted by atomic mass is 9.47. The molecule has 198 valence electrons. The summed E-state index contributed by atoms with van der Waals surface area (Å²) in [6.45, 7) is 15.7. The van der Waals surface area contributed by atoms with Crippen molar-refractivity contribution in [3.63, 3.8) is 0 Å². The van der Waals surface area contributed by atoms with Gasteiger partial charge in [-0.2, -0.15) is 0 Å². The fourth-order valence-electron chi connectivity index (χ4n) is 9.02. The molecule has 0 radical (unpaired) electrons. The summed E-state index contributed by atoms with van der Waals surface area (Å²) in [5.41, 5.74) is 4.17. The first-order valence-electron chi connectivity index (χ1n) is 15.3. The van der Waals surface area contributed by atoms with E-state index in [1.807, 2.05) is 5.57 Å². The van der Waals surface area contributed by atoms with E-state index < -0.39 is 0 Å². The minimum absolute atomic E-state index is 0.434. The number of hydrogen-bond donors (Lipinski definition) is 0. The van der Waals surface area contributed by atoms with Crippen LogP contribution in [-0.4, -0.2) is 6.10 Å². The highest BCUT2D eigenvalue weighted by atomic mass is 16.5. The third-order valence-electron chi connectivity index (χ3n) is 11.8. The van der Waals surface area contributed by atoms with Gasteiger partial charge in [-0.05, 0) is 109 Å². The van der Waals surface area contributed by atoms with E-state index in [9.17, 15) is 0 Å². The zero-order valence-corrected chi connectivity index (χ0v) is 24.0. The number of allylic oxidation sites excluding steroid dienone is 4. The first kappa shape index (κ1) is 26.3. The van der Waals surface area contributed by atoms with Crippen LogP contribution in [0.3, 0.4) is 0 Å². The molecular formula is C35H52O. The summed E-state index contributed by atoms with van der Waals surface area (Å²) in [5, 5.41) is 0. The summed E-state index contributed by atoms with van der Waals surface area (Å²) in [6.07, 6.45) is 19.1. The van der Waals surface area contributed by atoms with Gasteiger partial charge in [0.15, 0.2) is 0 Å². The number of rotatable bonds is 7. The topological polar surface area (TPSA) is 9.23 Å². The van der Waals surface area contributed by atoms with Crippen LogP contribution >= 0.6 is 0 Å². The van der Waals surface area contributed by atoms with Gasteiger partial charge in [-0.3, -0.25) is 0 Å². The van der Waals surface area contributed by atoms with Crippen molar-refractivity contribution in [3.8, 4) is 0 Å². The van der Waals surface area contributed by atoms with E-state index in [1.165, 1.54) is 56.9 Å². The van der Waals surface area contributed by atoms with Crippen LogP contribution < -0.4 is 0 Å². The van der Waals surface area contributed by atoms with E-state index in [1.54, 1.807) is 0 Å². The van der Waals surface area contributed by atoms with Crippen molar-refractivity contribution in [2.75, 3.05) is 0 Å². The minimum Gasteiger partial charge on any atom is -0.374 e. The Morgan fingerprint density at radius 3 is 2.36 bits per heavy atom. The molecule has 1 aromatic carbocycles. The summed E-state index contributed by atoms with van der Waals surface area (Å²) in [6, 6.07) is 10.7. The van der Waals surface area contributed by atoms with Crippen LogP contribution in [0.25, 0.3) is 0 Å². The highest BCUT2D eigenvalue weighted by Crippen LogP contribution is 2.66. The second kappa shape index (κ2) is 10.4. The second-order valence-electron chi connectivity index (χ2n) is 14.0. The maximum atomic E-state index is 6.45. The van der Waals surface area contributed by atoms with E-state index in [0.29, 0.717) is 28.8 Å². The highest BCUT2D eigenvalue weighted by Gasteiger charge is 2.58. The molecule has 4 aliphatic carbocycles. The molecule has 0 aliphatic heterocycles. The molecule has 36 heavy (non-hydrogen) atoms. The zero-order chi connectivity index (χ0) is 25.5. The van der Waals surface area contributed by atoms with Crippen LogP contribution in [0.4, 0.5) is 0 Å². The monoisotopic (exact) mass is 488 g/mol. The fraction of sp³-hybridized carbons (Fsp3) is 0.714. The standard InChI is InChI=1S/C35H52O/c1-24(2)25(3)12-13-26(4)31-16-17-32-30-15-14-28-22-29(36-23-27-10-8-7-9-11-27)18-20-34(28,5)33(30)19-21-35(31,32)6/h7-13,15,24-26,28-29,31-33H,14,16-23H2,1-6H3/b13-12+/t25-,26+,28-,29+,31-,32+,33+,34+,35-/m0/s1. The SMILES string of the molecule is CC(C)[C@@H](C)/C=C/[C@@H](C)[C@@H]1CC[C@@H]2C3=CC[C@H]4C[C@H](OCc5ccccc5)CC[C@@]4(C)[C@@H]3CC[C@]21C. The first-order chi connectivity index (χ1) is 17.2. The lowest BCUT2D eigenvalue weighted by molar-refractivity contribution is -0.0707. The number of benzene rings is 1. The van der Waals surface area contributed by atoms with Gasteiger partial charge in [0.2, 0.25) is 0 Å². The predicted octanol–water partition coefficient (Wildman–Crippen LogP) is 9.64. The summed E-state index contributed by atoms with van der Waals surface area (Å²) in [7, 11) is 0. The maximum absolute atomic E-state index is 6.45. The number of ether oxygens (including phenoxy) is 1. The Labute approximate surface area is 222 Å². The van der Waals surface area contributed by atoms with Gasteiger partial charge in [-0.15, -0.1) is 0 Å². The lowest BCUT2D eigenvalue weighted by Gasteiger charge is -2.58. The Balaban J connectivity index is 1.26. The van der Waals surface area contributed by atoms with Gasteiger partial charge < -0.3 is 4.74 Å². The largest absolute Gasteiger partial charge is 0.374 e. The summed E-state index contributed by atoms with van der Waals surface area (Å²) < 4.78 is 6.45. The van der Waals surface area contributed by atoms with E-state index in [2.05, 4.69) is 90.1 Å². The summed E-state index contributed by atoms with van der Waals surface area (Å²) in [5.74, 6) is 5.38. The molecule has 3 fully saturated rings. The molecule has 0 bridgehead atoms. The summed E-state index contributed by atoms with van der Waals surface area (Å²) >= 11 is 0. The van der Waals surface area contributed by atoms with Gasteiger partial charge >= 0.3 is 0 Å². The van der Waals surface area contributed by atoms with Crippen molar-refractivity contribution < 1.29 is 4.74 Å². The van der Waals surface area contributed by atoms with E-state index >= 15 is 0 Å². The molecular weight excluding hydrogens is 436 g/mol. The van der Waals surface area contributed by atoms with Crippen LogP contribution in [0.1, 0.15) is 98.5 Å². The third kappa shape index (κ3) is 4.79. The normalized spacial score (nSPS) is 39.9. The van der Waals surface area contributed by atoms with E-state index in [-0.39, 0.29) is 0 Å². The lowest BCUT2D eigenvalue weighted by Crippen LogP contribution is -2.50. The number of hydrogen-bond acceptors (Lipinski definition) is 1. The molecule has 3 saturated carbocycles. The van der Waals surface area contributed by atoms with Gasteiger partial charge in [0.1, 0.15) is 0 Å². The Hall–Kier alpha value is -1.34. The van der Waals surface area contributed by atoms with Gasteiger partial charge in [0.25, 0.3) is 0 Å². The first-order valence-corrected chi connectivity index (χ1v) is 15.3. The van der Waals surface area contributed by atoms with Crippen LogP contribution in [0.5, 0.6) is 0 Å². The maximum Gasteiger partial charge on any atom is 0.0720 e. The molecule has 1 heteroatoms. The average Bonchev–Trinajstić information content (AvgIpc) is 3.23. The molecule has 1 aromatic rings. The fourth-order valence-corrected chi connectivity index (χ4v) is 9.02. The van der Waals surface area contributed by atoms with Crippen LogP contribution in [0.2, 0.25) is 0 Å². The molecule has 0 spiro atoms. The van der Waals surface area contributed by atoms with Crippen molar-refractivity contribution in [1.82, 2.24) is 0 Å². The molecule has 0 amide bonds. The predicted molar refractivity (Wildman–Crippen MR) is 153 cm³/mol. The Kier molecular flexibility index (Phi) is 7.62. The Morgan fingerprint density at radius 1 is 0.889 bits per heavy atom.